The van der Waals surface area contributed by atoms with Gasteiger partial charge in [0.25, 0.3) is 0 Å². The maximum absolute atomic E-state index is 10.9. The number of likely N-dealkylation sites (N-methyl/N-ethyl adjacent to an activating group) is 1. The number of nitrogens with one attached hydrogen (secondary N) is 1. The van der Waals surface area contributed by atoms with Crippen molar-refractivity contribution in [2.45, 2.75) is 19.8 Å². The van der Waals surface area contributed by atoms with E-state index in [0.29, 0.717) is 25.1 Å². The second-order valence-corrected chi connectivity index (χ2v) is 2.28. The molecule has 56 valence electrons. The van der Waals surface area contributed by atoms with Gasteiger partial charge < -0.3 is 10.4 Å². The van der Waals surface area contributed by atoms with Gasteiger partial charge in [0.05, 0.1) is 0 Å². The van der Waals surface area contributed by atoms with Crippen molar-refractivity contribution in [1.82, 2.24) is 5.32 Å². The second-order valence-electron chi connectivity index (χ2n) is 2.28. The molecule has 3 heteroatoms. The van der Waals surface area contributed by atoms with Crippen LogP contribution in [0.1, 0.15) is 19.8 Å². The van der Waals surface area contributed by atoms with E-state index in [0.717, 1.165) is 0 Å². The maximum atomic E-state index is 10.9. The maximum Gasteiger partial charge on any atom is 0.182 e. The molecule has 1 aliphatic carbocycles. The fraction of sp³-hybridized carbons (Fsp3) is 0.571. The third-order valence-electron chi connectivity index (χ3n) is 1.51. The number of hydrogen-bond donors (Lipinski definition) is 2. The van der Waals surface area contributed by atoms with Gasteiger partial charge in [-0.1, -0.05) is 0 Å². The molecule has 1 aliphatic rings. The SMILES string of the molecule is CCNC1=C(O)CCC1=O. The van der Waals surface area contributed by atoms with Crippen LogP contribution in [0.4, 0.5) is 0 Å². The molecule has 0 aromatic carbocycles. The van der Waals surface area contributed by atoms with Gasteiger partial charge in [-0.2, -0.15) is 0 Å². The van der Waals surface area contributed by atoms with E-state index in [1.165, 1.54) is 0 Å². The van der Waals surface area contributed by atoms with Crippen LogP contribution >= 0.6 is 0 Å². The Morgan fingerprint density at radius 2 is 2.30 bits per heavy atom. The zero-order valence-electron chi connectivity index (χ0n) is 5.98. The Morgan fingerprint density at radius 3 is 2.70 bits per heavy atom. The third-order valence-corrected chi connectivity index (χ3v) is 1.51. The average Bonchev–Trinajstić information content (AvgIpc) is 2.20. The number of hydrogen-bond acceptors (Lipinski definition) is 3. The highest BCUT2D eigenvalue weighted by Crippen LogP contribution is 2.17. The molecule has 0 saturated heterocycles. The summed E-state index contributed by atoms with van der Waals surface area (Å²) in [5.41, 5.74) is 0.419. The van der Waals surface area contributed by atoms with Crippen LogP contribution in [0.2, 0.25) is 0 Å². The minimum atomic E-state index is 0.0272. The standard InChI is InChI=1S/C7H11NO2/c1-2-8-7-5(9)3-4-6(7)10/h8-9H,2-4H2,1H3. The summed E-state index contributed by atoms with van der Waals surface area (Å²) in [5, 5.41) is 11.9. The van der Waals surface area contributed by atoms with Gasteiger partial charge >= 0.3 is 0 Å². The largest absolute Gasteiger partial charge is 0.510 e. The normalized spacial score (nSPS) is 18.3. The Balaban J connectivity index is 2.68. The molecular weight excluding hydrogens is 130 g/mol. The molecule has 0 saturated carbocycles. The van der Waals surface area contributed by atoms with Crippen LogP contribution in [-0.4, -0.2) is 17.4 Å². The first-order valence-corrected chi connectivity index (χ1v) is 3.45. The van der Waals surface area contributed by atoms with E-state index in [1.54, 1.807) is 0 Å². The minimum Gasteiger partial charge on any atom is -0.510 e. The summed E-state index contributed by atoms with van der Waals surface area (Å²) in [6, 6.07) is 0. The lowest BCUT2D eigenvalue weighted by Gasteiger charge is -2.00. The minimum absolute atomic E-state index is 0.0272. The van der Waals surface area contributed by atoms with Crippen LogP contribution < -0.4 is 5.32 Å². The van der Waals surface area contributed by atoms with Gasteiger partial charge in [0.15, 0.2) is 5.78 Å². The highest BCUT2D eigenvalue weighted by molar-refractivity contribution is 5.97. The van der Waals surface area contributed by atoms with Crippen molar-refractivity contribution >= 4 is 5.78 Å². The number of aliphatic hydroxyl groups excluding tert-OH is 1. The van der Waals surface area contributed by atoms with Crippen molar-refractivity contribution in [1.29, 1.82) is 0 Å². The van der Waals surface area contributed by atoms with E-state index in [-0.39, 0.29) is 11.5 Å². The molecule has 0 bridgehead atoms. The first-order chi connectivity index (χ1) is 4.75. The van der Waals surface area contributed by atoms with Crippen LogP contribution in [0.3, 0.4) is 0 Å². The smallest absolute Gasteiger partial charge is 0.182 e. The molecule has 0 aromatic rings. The number of allylic oxidation sites excluding steroid dienone is 2. The van der Waals surface area contributed by atoms with Crippen molar-refractivity contribution in [3.05, 3.63) is 11.5 Å². The zero-order valence-corrected chi connectivity index (χ0v) is 5.98. The van der Waals surface area contributed by atoms with E-state index in [2.05, 4.69) is 5.32 Å². The van der Waals surface area contributed by atoms with E-state index in [9.17, 15) is 4.79 Å². The molecule has 1 rings (SSSR count). The highest BCUT2D eigenvalue weighted by Gasteiger charge is 2.21. The first kappa shape index (κ1) is 7.12. The van der Waals surface area contributed by atoms with Crippen LogP contribution in [-0.2, 0) is 4.79 Å². The molecule has 0 aromatic heterocycles. The quantitative estimate of drug-likeness (QED) is 0.596. The highest BCUT2D eigenvalue weighted by atomic mass is 16.3. The predicted molar refractivity (Wildman–Crippen MR) is 37.6 cm³/mol. The third kappa shape index (κ3) is 1.12. The predicted octanol–water partition coefficient (Wildman–Crippen LogP) is 0.728. The van der Waals surface area contributed by atoms with Gasteiger partial charge in [-0.05, 0) is 6.92 Å². The summed E-state index contributed by atoms with van der Waals surface area (Å²) >= 11 is 0. The fourth-order valence-electron chi connectivity index (χ4n) is 1.02. The Bertz CT molecular complexity index is 184. The lowest BCUT2D eigenvalue weighted by atomic mass is 10.3. The molecule has 0 spiro atoms. The van der Waals surface area contributed by atoms with E-state index < -0.39 is 0 Å². The number of Topliss-reactive ketones (excluding diaryl/α,β-unsaturated/α-hetero) is 1. The summed E-state index contributed by atoms with van der Waals surface area (Å²) in [6.07, 6.45) is 0.954. The van der Waals surface area contributed by atoms with E-state index in [1.807, 2.05) is 6.92 Å². The number of carbonyl (C=O) groups excluding carboxylic acids is 1. The van der Waals surface area contributed by atoms with E-state index >= 15 is 0 Å². The monoisotopic (exact) mass is 141 g/mol. The van der Waals surface area contributed by atoms with Crippen molar-refractivity contribution < 1.29 is 9.90 Å². The van der Waals surface area contributed by atoms with Gasteiger partial charge in [-0.3, -0.25) is 4.79 Å². The average molecular weight is 141 g/mol. The number of carbonyl (C=O) groups is 1. The van der Waals surface area contributed by atoms with Gasteiger partial charge in [-0.25, -0.2) is 0 Å². The van der Waals surface area contributed by atoms with Gasteiger partial charge in [0, 0.05) is 19.4 Å². The summed E-state index contributed by atoms with van der Waals surface area (Å²) in [6.45, 7) is 2.58. The molecular formula is C7H11NO2. The van der Waals surface area contributed by atoms with Crippen LogP contribution in [0.5, 0.6) is 0 Å². The lowest BCUT2D eigenvalue weighted by molar-refractivity contribution is -0.115. The van der Waals surface area contributed by atoms with Gasteiger partial charge in [0.2, 0.25) is 0 Å². The summed E-state index contributed by atoms with van der Waals surface area (Å²) in [4.78, 5) is 10.9. The fourth-order valence-corrected chi connectivity index (χ4v) is 1.02. The lowest BCUT2D eigenvalue weighted by Crippen LogP contribution is -2.17. The number of aliphatic hydroxyl groups is 1. The Labute approximate surface area is 59.7 Å². The van der Waals surface area contributed by atoms with Gasteiger partial charge in [-0.15, -0.1) is 0 Å². The topological polar surface area (TPSA) is 49.3 Å². The second kappa shape index (κ2) is 2.73. The van der Waals surface area contributed by atoms with Crippen molar-refractivity contribution in [3.63, 3.8) is 0 Å². The molecule has 0 heterocycles. The Morgan fingerprint density at radius 1 is 1.60 bits per heavy atom. The van der Waals surface area contributed by atoms with Crippen LogP contribution in [0.15, 0.2) is 11.5 Å². The van der Waals surface area contributed by atoms with Crippen LogP contribution in [0, 0.1) is 0 Å². The molecule has 0 atom stereocenters. The van der Waals surface area contributed by atoms with Crippen molar-refractivity contribution in [2.75, 3.05) is 6.54 Å². The van der Waals surface area contributed by atoms with Gasteiger partial charge in [0.1, 0.15) is 11.5 Å². The Kier molecular flexibility index (Phi) is 1.94. The van der Waals surface area contributed by atoms with Crippen molar-refractivity contribution in [3.8, 4) is 0 Å². The Hall–Kier alpha value is -0.990. The molecule has 0 fully saturated rings. The number of rotatable bonds is 2. The summed E-state index contributed by atoms with van der Waals surface area (Å²) in [7, 11) is 0. The molecule has 0 aliphatic heterocycles. The van der Waals surface area contributed by atoms with Crippen LogP contribution in [0.25, 0.3) is 0 Å². The first-order valence-electron chi connectivity index (χ1n) is 3.45. The molecule has 10 heavy (non-hydrogen) atoms. The summed E-state index contributed by atoms with van der Waals surface area (Å²) < 4.78 is 0. The summed E-state index contributed by atoms with van der Waals surface area (Å²) in [5.74, 6) is 0.242. The molecule has 0 radical (unpaired) electrons. The van der Waals surface area contributed by atoms with Crippen molar-refractivity contribution in [2.24, 2.45) is 0 Å². The van der Waals surface area contributed by atoms with E-state index in [4.69, 9.17) is 5.11 Å². The molecule has 3 nitrogen and oxygen atoms in total. The molecule has 0 unspecified atom stereocenters. The zero-order chi connectivity index (χ0) is 7.56. The number of ketones is 1. The molecule has 0 amide bonds. The molecule has 2 N–H and O–H groups in total.